The lowest BCUT2D eigenvalue weighted by Crippen LogP contribution is -1.94. The second kappa shape index (κ2) is 7.74. The molecule has 1 aromatic carbocycles. The minimum atomic E-state index is -0.696. The molecule has 0 atom stereocenters. The van der Waals surface area contributed by atoms with Crippen LogP contribution in [0, 0.1) is 0 Å². The van der Waals surface area contributed by atoms with Gasteiger partial charge < -0.3 is 5.11 Å². The molecule has 1 aromatic rings. The molecule has 2 nitrogen and oxygen atoms in total. The Labute approximate surface area is 109 Å². The van der Waals surface area contributed by atoms with Crippen LogP contribution in [0.4, 0.5) is 0 Å². The van der Waals surface area contributed by atoms with Crippen LogP contribution in [0.3, 0.4) is 0 Å². The van der Waals surface area contributed by atoms with E-state index in [0.717, 1.165) is 28.8 Å². The van der Waals surface area contributed by atoms with Gasteiger partial charge in [-0.05, 0) is 36.3 Å². The zero-order chi connectivity index (χ0) is 11.8. The van der Waals surface area contributed by atoms with Gasteiger partial charge in [0.15, 0.2) is 0 Å². The van der Waals surface area contributed by atoms with E-state index in [9.17, 15) is 4.79 Å². The summed E-state index contributed by atoms with van der Waals surface area (Å²) < 4.78 is 1.10. The van der Waals surface area contributed by atoms with Crippen LogP contribution in [0.25, 0.3) is 0 Å². The van der Waals surface area contributed by atoms with Crippen LogP contribution in [-0.4, -0.2) is 16.8 Å². The van der Waals surface area contributed by atoms with Crippen LogP contribution in [0.1, 0.15) is 24.8 Å². The van der Waals surface area contributed by atoms with Crippen LogP contribution >= 0.6 is 27.7 Å². The summed E-state index contributed by atoms with van der Waals surface area (Å²) in [5.41, 5.74) is 1.31. The first-order valence-electron chi connectivity index (χ1n) is 5.22. The third-order valence-corrected chi connectivity index (χ3v) is 3.75. The van der Waals surface area contributed by atoms with Gasteiger partial charge in [-0.3, -0.25) is 4.79 Å². The number of carbonyl (C=O) groups is 1. The Hall–Kier alpha value is -0.480. The summed E-state index contributed by atoms with van der Waals surface area (Å²) in [5.74, 6) is 1.34. The fourth-order valence-electron chi connectivity index (χ4n) is 1.25. The first-order valence-corrected chi connectivity index (χ1v) is 7.17. The Morgan fingerprint density at radius 1 is 1.25 bits per heavy atom. The van der Waals surface area contributed by atoms with Crippen molar-refractivity contribution in [1.29, 1.82) is 0 Å². The maximum absolute atomic E-state index is 10.3. The summed E-state index contributed by atoms with van der Waals surface area (Å²) in [6.07, 6.45) is 2.05. The second-order valence-corrected chi connectivity index (χ2v) is 5.55. The lowest BCUT2D eigenvalue weighted by molar-refractivity contribution is -0.137. The molecule has 0 aromatic heterocycles. The third kappa shape index (κ3) is 6.18. The SMILES string of the molecule is O=C(O)CCCCSCc1ccc(Br)cc1. The maximum Gasteiger partial charge on any atom is 0.303 e. The van der Waals surface area contributed by atoms with Crippen molar-refractivity contribution in [3.8, 4) is 0 Å². The smallest absolute Gasteiger partial charge is 0.303 e. The largest absolute Gasteiger partial charge is 0.481 e. The highest BCUT2D eigenvalue weighted by atomic mass is 79.9. The standard InChI is InChI=1S/C12H15BrO2S/c13-11-6-4-10(5-7-11)9-16-8-2-1-3-12(14)15/h4-7H,1-3,8-9H2,(H,14,15). The highest BCUT2D eigenvalue weighted by Crippen LogP contribution is 2.17. The van der Waals surface area contributed by atoms with E-state index in [1.54, 1.807) is 0 Å². The van der Waals surface area contributed by atoms with E-state index in [1.807, 2.05) is 23.9 Å². The molecule has 0 aliphatic carbocycles. The Balaban J connectivity index is 2.07. The van der Waals surface area contributed by atoms with E-state index in [-0.39, 0.29) is 0 Å². The molecule has 0 heterocycles. The molecule has 0 radical (unpaired) electrons. The minimum absolute atomic E-state index is 0.291. The van der Waals surface area contributed by atoms with Crippen LogP contribution in [0.2, 0.25) is 0 Å². The Morgan fingerprint density at radius 3 is 2.56 bits per heavy atom. The molecule has 4 heteroatoms. The molecule has 88 valence electrons. The predicted molar refractivity (Wildman–Crippen MR) is 71.8 cm³/mol. The number of carboxylic acid groups (broad SMARTS) is 1. The van der Waals surface area contributed by atoms with Crippen molar-refractivity contribution in [1.82, 2.24) is 0 Å². The molecule has 1 N–H and O–H groups in total. The van der Waals surface area contributed by atoms with Crippen molar-refractivity contribution in [2.75, 3.05) is 5.75 Å². The predicted octanol–water partition coefficient (Wildman–Crippen LogP) is 3.94. The van der Waals surface area contributed by atoms with Crippen molar-refractivity contribution in [2.45, 2.75) is 25.0 Å². The van der Waals surface area contributed by atoms with Gasteiger partial charge in [-0.1, -0.05) is 28.1 Å². The van der Waals surface area contributed by atoms with E-state index >= 15 is 0 Å². The highest BCUT2D eigenvalue weighted by molar-refractivity contribution is 9.10. The molecule has 0 fully saturated rings. The topological polar surface area (TPSA) is 37.3 Å². The fourth-order valence-corrected chi connectivity index (χ4v) is 2.50. The average Bonchev–Trinajstić information content (AvgIpc) is 2.25. The van der Waals surface area contributed by atoms with Gasteiger partial charge in [0.25, 0.3) is 0 Å². The van der Waals surface area contributed by atoms with Crippen LogP contribution in [0.15, 0.2) is 28.7 Å². The number of hydrogen-bond donors (Lipinski definition) is 1. The number of unbranched alkanes of at least 4 members (excludes halogenated alkanes) is 1. The highest BCUT2D eigenvalue weighted by Gasteiger charge is 1.97. The summed E-state index contributed by atoms with van der Waals surface area (Å²) in [6, 6.07) is 8.29. The molecule has 0 amide bonds. The normalized spacial score (nSPS) is 10.3. The van der Waals surface area contributed by atoms with E-state index in [1.165, 1.54) is 5.56 Å². The zero-order valence-corrected chi connectivity index (χ0v) is 11.4. The first-order chi connectivity index (χ1) is 7.68. The summed E-state index contributed by atoms with van der Waals surface area (Å²) in [6.45, 7) is 0. The molecule has 0 saturated heterocycles. The summed E-state index contributed by atoms with van der Waals surface area (Å²) in [5, 5.41) is 8.46. The van der Waals surface area contributed by atoms with Crippen LogP contribution in [-0.2, 0) is 10.5 Å². The van der Waals surface area contributed by atoms with Crippen molar-refractivity contribution < 1.29 is 9.90 Å². The van der Waals surface area contributed by atoms with Gasteiger partial charge in [-0.25, -0.2) is 0 Å². The van der Waals surface area contributed by atoms with Crippen LogP contribution in [0.5, 0.6) is 0 Å². The Kier molecular flexibility index (Phi) is 6.57. The molecule has 1 rings (SSSR count). The minimum Gasteiger partial charge on any atom is -0.481 e. The number of carboxylic acids is 1. The zero-order valence-electron chi connectivity index (χ0n) is 8.99. The summed E-state index contributed by atoms with van der Waals surface area (Å²) >= 11 is 5.25. The van der Waals surface area contributed by atoms with E-state index in [4.69, 9.17) is 5.11 Å². The number of rotatable bonds is 7. The van der Waals surface area contributed by atoms with Gasteiger partial charge in [0.2, 0.25) is 0 Å². The molecule has 0 saturated carbocycles. The van der Waals surface area contributed by atoms with E-state index < -0.39 is 5.97 Å². The number of hydrogen-bond acceptors (Lipinski definition) is 2. The van der Waals surface area contributed by atoms with Crippen LogP contribution < -0.4 is 0 Å². The third-order valence-electron chi connectivity index (χ3n) is 2.11. The molecule has 0 bridgehead atoms. The molecule has 16 heavy (non-hydrogen) atoms. The van der Waals surface area contributed by atoms with Crippen molar-refractivity contribution >= 4 is 33.7 Å². The van der Waals surface area contributed by atoms with Crippen molar-refractivity contribution in [3.05, 3.63) is 34.3 Å². The quantitative estimate of drug-likeness (QED) is 0.775. The van der Waals surface area contributed by atoms with Gasteiger partial charge in [0, 0.05) is 16.6 Å². The Bertz CT molecular complexity index is 324. The monoisotopic (exact) mass is 302 g/mol. The van der Waals surface area contributed by atoms with E-state index in [0.29, 0.717) is 6.42 Å². The molecule has 0 spiro atoms. The van der Waals surface area contributed by atoms with Gasteiger partial charge in [0.05, 0.1) is 0 Å². The maximum atomic E-state index is 10.3. The van der Waals surface area contributed by atoms with Gasteiger partial charge in [-0.2, -0.15) is 11.8 Å². The lowest BCUT2D eigenvalue weighted by Gasteiger charge is -2.01. The number of aliphatic carboxylic acids is 1. The van der Waals surface area contributed by atoms with E-state index in [2.05, 4.69) is 28.1 Å². The summed E-state index contributed by atoms with van der Waals surface area (Å²) in [4.78, 5) is 10.3. The molecular formula is C12H15BrO2S. The number of benzene rings is 1. The molecule has 0 unspecified atom stereocenters. The fraction of sp³-hybridized carbons (Fsp3) is 0.417. The van der Waals surface area contributed by atoms with Crippen molar-refractivity contribution in [3.63, 3.8) is 0 Å². The molecule has 0 aliphatic heterocycles. The average molecular weight is 303 g/mol. The second-order valence-electron chi connectivity index (χ2n) is 3.53. The first kappa shape index (κ1) is 13.6. The summed E-state index contributed by atoms with van der Waals surface area (Å²) in [7, 11) is 0. The molecular weight excluding hydrogens is 288 g/mol. The number of thioether (sulfide) groups is 1. The molecule has 0 aliphatic rings. The van der Waals surface area contributed by atoms with Gasteiger partial charge in [0.1, 0.15) is 0 Å². The lowest BCUT2D eigenvalue weighted by atomic mass is 10.2. The van der Waals surface area contributed by atoms with Crippen molar-refractivity contribution in [2.24, 2.45) is 0 Å². The Morgan fingerprint density at radius 2 is 1.94 bits per heavy atom. The van der Waals surface area contributed by atoms with Gasteiger partial charge >= 0.3 is 5.97 Å². The van der Waals surface area contributed by atoms with Gasteiger partial charge in [-0.15, -0.1) is 0 Å². The number of halogens is 1.